The van der Waals surface area contributed by atoms with Crippen molar-refractivity contribution in [1.29, 1.82) is 0 Å². The Morgan fingerprint density at radius 3 is 2.38 bits per heavy atom. The van der Waals surface area contributed by atoms with Crippen molar-refractivity contribution in [3.8, 4) is 0 Å². The Kier molecular flexibility index (Phi) is 7.33. The van der Waals surface area contributed by atoms with Crippen molar-refractivity contribution in [2.45, 2.75) is 32.6 Å². The molecule has 1 atom stereocenters. The molecule has 5 nitrogen and oxygen atoms in total. The molecule has 0 radical (unpaired) electrons. The van der Waals surface area contributed by atoms with Crippen LogP contribution < -0.4 is 5.32 Å². The highest BCUT2D eigenvalue weighted by atomic mass is 16.4. The van der Waals surface area contributed by atoms with Crippen LogP contribution in [0.2, 0.25) is 0 Å². The number of carbonyl (C=O) groups excluding carboxylic acids is 1. The van der Waals surface area contributed by atoms with Crippen LogP contribution in [0.15, 0.2) is 0 Å². The molecule has 0 saturated carbocycles. The number of hydrogen-bond donors (Lipinski definition) is 2. The summed E-state index contributed by atoms with van der Waals surface area (Å²) >= 11 is 0. The molecule has 1 unspecified atom stereocenters. The van der Waals surface area contributed by atoms with Crippen molar-refractivity contribution in [2.75, 3.05) is 20.6 Å². The predicted molar refractivity (Wildman–Crippen MR) is 62.4 cm³/mol. The Hall–Kier alpha value is -1.26. The molecule has 2 N–H and O–H groups in total. The van der Waals surface area contributed by atoms with Gasteiger partial charge in [0.2, 0.25) is 0 Å². The molecule has 0 aliphatic rings. The molecule has 16 heavy (non-hydrogen) atoms. The van der Waals surface area contributed by atoms with Crippen LogP contribution in [0, 0.1) is 5.92 Å². The summed E-state index contributed by atoms with van der Waals surface area (Å²) < 4.78 is 0. The van der Waals surface area contributed by atoms with Crippen LogP contribution in [-0.2, 0) is 4.79 Å². The van der Waals surface area contributed by atoms with E-state index in [9.17, 15) is 9.59 Å². The van der Waals surface area contributed by atoms with E-state index in [2.05, 4.69) is 5.32 Å². The molecular formula is C11H22N2O3. The maximum atomic E-state index is 11.2. The summed E-state index contributed by atoms with van der Waals surface area (Å²) in [6.45, 7) is 2.65. The van der Waals surface area contributed by atoms with E-state index >= 15 is 0 Å². The number of carboxylic acids is 1. The fourth-order valence-electron chi connectivity index (χ4n) is 1.42. The summed E-state index contributed by atoms with van der Waals surface area (Å²) in [7, 11) is 3.38. The maximum Gasteiger partial charge on any atom is 0.316 e. The monoisotopic (exact) mass is 230 g/mol. The van der Waals surface area contributed by atoms with E-state index in [4.69, 9.17) is 5.11 Å². The first kappa shape index (κ1) is 14.7. The third kappa shape index (κ3) is 7.09. The van der Waals surface area contributed by atoms with Gasteiger partial charge in [-0.2, -0.15) is 0 Å². The Bertz CT molecular complexity index is 229. The number of carbonyl (C=O) groups is 2. The zero-order valence-corrected chi connectivity index (χ0v) is 10.3. The van der Waals surface area contributed by atoms with Crippen LogP contribution in [0.3, 0.4) is 0 Å². The van der Waals surface area contributed by atoms with Gasteiger partial charge in [-0.3, -0.25) is 4.79 Å². The summed E-state index contributed by atoms with van der Waals surface area (Å²) in [5.41, 5.74) is 0. The zero-order chi connectivity index (χ0) is 12.6. The first-order valence-electron chi connectivity index (χ1n) is 5.64. The second-order valence-electron chi connectivity index (χ2n) is 4.12. The predicted octanol–water partition coefficient (Wildman–Crippen LogP) is 1.54. The lowest BCUT2D eigenvalue weighted by Gasteiger charge is -2.16. The average Bonchev–Trinajstić information content (AvgIpc) is 2.22. The molecule has 0 fully saturated rings. The van der Waals surface area contributed by atoms with Crippen LogP contribution in [0.4, 0.5) is 4.79 Å². The third-order valence-corrected chi connectivity index (χ3v) is 2.58. The Morgan fingerprint density at radius 2 is 1.94 bits per heavy atom. The van der Waals surface area contributed by atoms with Gasteiger partial charge in [-0.25, -0.2) is 4.79 Å². The first-order chi connectivity index (χ1) is 7.47. The highest BCUT2D eigenvalue weighted by Crippen LogP contribution is 2.14. The lowest BCUT2D eigenvalue weighted by molar-refractivity contribution is -0.137. The molecule has 0 aromatic rings. The van der Waals surface area contributed by atoms with Gasteiger partial charge in [0.05, 0.1) is 0 Å². The Labute approximate surface area is 96.8 Å². The molecule has 5 heteroatoms. The quantitative estimate of drug-likeness (QED) is 0.697. The minimum absolute atomic E-state index is 0.104. The van der Waals surface area contributed by atoms with Gasteiger partial charge in [0, 0.05) is 27.1 Å². The molecule has 0 aromatic heterocycles. The molecule has 2 amide bonds. The molecule has 0 rings (SSSR count). The van der Waals surface area contributed by atoms with Gasteiger partial charge >= 0.3 is 12.0 Å². The smallest absolute Gasteiger partial charge is 0.316 e. The van der Waals surface area contributed by atoms with Crippen molar-refractivity contribution in [3.05, 3.63) is 0 Å². The fourth-order valence-corrected chi connectivity index (χ4v) is 1.42. The number of carboxylic acid groups (broad SMARTS) is 1. The van der Waals surface area contributed by atoms with Crippen molar-refractivity contribution in [3.63, 3.8) is 0 Å². The molecule has 0 spiro atoms. The van der Waals surface area contributed by atoms with Gasteiger partial charge in [-0.05, 0) is 18.8 Å². The van der Waals surface area contributed by atoms with Gasteiger partial charge in [0.15, 0.2) is 0 Å². The van der Waals surface area contributed by atoms with Crippen LogP contribution in [-0.4, -0.2) is 42.6 Å². The number of urea groups is 1. The molecule has 0 heterocycles. The summed E-state index contributed by atoms with van der Waals surface area (Å²) in [5, 5.41) is 11.3. The highest BCUT2D eigenvalue weighted by Gasteiger charge is 2.09. The van der Waals surface area contributed by atoms with E-state index in [0.717, 1.165) is 12.8 Å². The van der Waals surface area contributed by atoms with Gasteiger partial charge in [-0.1, -0.05) is 13.3 Å². The van der Waals surface area contributed by atoms with E-state index < -0.39 is 5.97 Å². The van der Waals surface area contributed by atoms with E-state index in [-0.39, 0.29) is 12.5 Å². The van der Waals surface area contributed by atoms with Crippen LogP contribution in [0.25, 0.3) is 0 Å². The van der Waals surface area contributed by atoms with Crippen LogP contribution in [0.1, 0.15) is 32.6 Å². The number of aliphatic carboxylic acids is 1. The van der Waals surface area contributed by atoms with Crippen LogP contribution in [0.5, 0.6) is 0 Å². The van der Waals surface area contributed by atoms with Gasteiger partial charge in [0.25, 0.3) is 0 Å². The SMILES string of the molecule is CCC(CCNC(=O)N(C)C)CCC(=O)O. The van der Waals surface area contributed by atoms with Crippen LogP contribution >= 0.6 is 0 Å². The van der Waals surface area contributed by atoms with Crippen molar-refractivity contribution in [2.24, 2.45) is 5.92 Å². The van der Waals surface area contributed by atoms with Gasteiger partial charge in [0.1, 0.15) is 0 Å². The second kappa shape index (κ2) is 7.96. The summed E-state index contributed by atoms with van der Waals surface area (Å²) in [6, 6.07) is -0.104. The molecule has 94 valence electrons. The largest absolute Gasteiger partial charge is 0.481 e. The van der Waals surface area contributed by atoms with Gasteiger partial charge < -0.3 is 15.3 Å². The number of nitrogens with one attached hydrogen (secondary N) is 1. The number of rotatable bonds is 7. The van der Waals surface area contributed by atoms with Crippen molar-refractivity contribution in [1.82, 2.24) is 10.2 Å². The lowest BCUT2D eigenvalue weighted by Crippen LogP contribution is -2.35. The topological polar surface area (TPSA) is 69.6 Å². The highest BCUT2D eigenvalue weighted by molar-refractivity contribution is 5.73. The van der Waals surface area contributed by atoms with Crippen molar-refractivity contribution < 1.29 is 14.7 Å². The fraction of sp³-hybridized carbons (Fsp3) is 0.818. The molecule has 0 bridgehead atoms. The summed E-state index contributed by atoms with van der Waals surface area (Å²) in [4.78, 5) is 23.1. The lowest BCUT2D eigenvalue weighted by atomic mass is 9.97. The molecule has 0 aromatic carbocycles. The second-order valence-corrected chi connectivity index (χ2v) is 4.12. The summed E-state index contributed by atoms with van der Waals surface area (Å²) in [5.74, 6) is -0.380. The number of amides is 2. The molecule has 0 saturated heterocycles. The first-order valence-corrected chi connectivity index (χ1v) is 5.64. The zero-order valence-electron chi connectivity index (χ0n) is 10.3. The Balaban J connectivity index is 3.70. The number of hydrogen-bond acceptors (Lipinski definition) is 2. The minimum Gasteiger partial charge on any atom is -0.481 e. The standard InChI is InChI=1S/C11H22N2O3/c1-4-9(5-6-10(14)15)7-8-12-11(16)13(2)3/h9H,4-8H2,1-3H3,(H,12,16)(H,14,15). The molecule has 0 aliphatic carbocycles. The van der Waals surface area contributed by atoms with Gasteiger partial charge in [-0.15, -0.1) is 0 Å². The Morgan fingerprint density at radius 1 is 1.31 bits per heavy atom. The maximum absolute atomic E-state index is 11.2. The molecule has 0 aliphatic heterocycles. The van der Waals surface area contributed by atoms with E-state index in [1.165, 1.54) is 4.90 Å². The van der Waals surface area contributed by atoms with E-state index in [1.54, 1.807) is 14.1 Å². The average molecular weight is 230 g/mol. The van der Waals surface area contributed by atoms with E-state index in [1.807, 2.05) is 6.92 Å². The minimum atomic E-state index is -0.754. The molecular weight excluding hydrogens is 208 g/mol. The van der Waals surface area contributed by atoms with Crippen molar-refractivity contribution >= 4 is 12.0 Å². The normalized spacial score (nSPS) is 11.9. The third-order valence-electron chi connectivity index (χ3n) is 2.58. The van der Waals surface area contributed by atoms with E-state index in [0.29, 0.717) is 18.9 Å². The summed E-state index contributed by atoms with van der Waals surface area (Å²) in [6.07, 6.45) is 2.68. The number of nitrogens with zero attached hydrogens (tertiary/aromatic N) is 1.